The minimum Gasteiger partial charge on any atom is -0.355 e. The summed E-state index contributed by atoms with van der Waals surface area (Å²) in [5.74, 6) is 0.150. The van der Waals surface area contributed by atoms with Crippen molar-refractivity contribution in [1.29, 1.82) is 0 Å². The fourth-order valence-corrected chi connectivity index (χ4v) is 3.50. The van der Waals surface area contributed by atoms with Crippen LogP contribution >= 0.6 is 0 Å². The molecule has 1 saturated heterocycles. The number of H-pyrrole nitrogens is 1. The van der Waals surface area contributed by atoms with E-state index < -0.39 is 0 Å². The van der Waals surface area contributed by atoms with Crippen molar-refractivity contribution in [1.82, 2.24) is 19.9 Å². The van der Waals surface area contributed by atoms with Crippen molar-refractivity contribution in [2.45, 2.75) is 44.9 Å². The van der Waals surface area contributed by atoms with Gasteiger partial charge in [0.25, 0.3) is 5.56 Å². The molecular weight excluding hydrogens is 340 g/mol. The average molecular weight is 364 g/mol. The van der Waals surface area contributed by atoms with E-state index in [-0.39, 0.29) is 22.8 Å². The Labute approximate surface area is 157 Å². The van der Waals surface area contributed by atoms with Crippen LogP contribution < -0.4 is 10.9 Å². The third-order valence-corrected chi connectivity index (χ3v) is 5.22. The maximum Gasteiger partial charge on any atom is 0.272 e. The molecule has 6 nitrogen and oxygen atoms in total. The highest BCUT2D eigenvalue weighted by molar-refractivity contribution is 5.76. The third kappa shape index (κ3) is 3.39. The second kappa shape index (κ2) is 6.37. The molecule has 3 aromatic rings. The van der Waals surface area contributed by atoms with Crippen LogP contribution in [0.15, 0.2) is 41.2 Å². The predicted molar refractivity (Wildman–Crippen MR) is 105 cm³/mol. The third-order valence-electron chi connectivity index (χ3n) is 5.22. The van der Waals surface area contributed by atoms with E-state index in [9.17, 15) is 9.59 Å². The lowest BCUT2D eigenvalue weighted by Crippen LogP contribution is -2.34. The van der Waals surface area contributed by atoms with Gasteiger partial charge in [-0.25, -0.2) is 9.50 Å². The fraction of sp³-hybridized carbons (Fsp3) is 0.381. The lowest BCUT2D eigenvalue weighted by Gasteiger charge is -2.21. The Balaban J connectivity index is 1.69. The number of carbonyl (C=O) groups excluding carboxylic acids is 1. The van der Waals surface area contributed by atoms with Crippen molar-refractivity contribution in [3.8, 4) is 11.3 Å². The summed E-state index contributed by atoms with van der Waals surface area (Å²) in [6, 6.07) is 11.8. The quantitative estimate of drug-likeness (QED) is 0.734. The highest BCUT2D eigenvalue weighted by Gasteiger charge is 2.22. The largest absolute Gasteiger partial charge is 0.355 e. The zero-order valence-corrected chi connectivity index (χ0v) is 15.9. The first-order valence-corrected chi connectivity index (χ1v) is 9.31. The Morgan fingerprint density at radius 1 is 1.11 bits per heavy atom. The number of fused-ring (bicyclic) bond motifs is 1. The topological polar surface area (TPSA) is 79.3 Å². The van der Waals surface area contributed by atoms with Crippen LogP contribution in [0.3, 0.4) is 0 Å². The number of rotatable bonds is 2. The zero-order valence-electron chi connectivity index (χ0n) is 15.9. The van der Waals surface area contributed by atoms with Gasteiger partial charge in [0.15, 0.2) is 5.65 Å². The summed E-state index contributed by atoms with van der Waals surface area (Å²) in [7, 11) is 0. The maximum atomic E-state index is 12.5. The van der Waals surface area contributed by atoms with Gasteiger partial charge in [0.2, 0.25) is 5.91 Å². The Bertz CT molecular complexity index is 1040. The Hall–Kier alpha value is -2.89. The van der Waals surface area contributed by atoms with E-state index >= 15 is 0 Å². The van der Waals surface area contributed by atoms with Gasteiger partial charge >= 0.3 is 0 Å². The number of nitrogens with one attached hydrogen (secondary N) is 2. The lowest BCUT2D eigenvalue weighted by molar-refractivity contribution is -0.122. The molecule has 3 heterocycles. The number of carbonyl (C=O) groups is 1. The van der Waals surface area contributed by atoms with Crippen LogP contribution in [0.4, 0.5) is 0 Å². The molecule has 0 radical (unpaired) electrons. The SMILES string of the molecule is CC(C)(C)c1ccc(-c2cc3nc(C4CCC(=O)NC4)cc(=O)n3[nH]2)cc1. The Morgan fingerprint density at radius 3 is 2.48 bits per heavy atom. The number of hydrogen-bond acceptors (Lipinski definition) is 3. The van der Waals surface area contributed by atoms with Gasteiger partial charge in [0.1, 0.15) is 0 Å². The number of aromatic nitrogens is 3. The predicted octanol–water partition coefficient (Wildman–Crippen LogP) is 2.98. The molecular formula is C21H24N4O2. The second-order valence-electron chi connectivity index (χ2n) is 8.25. The summed E-state index contributed by atoms with van der Waals surface area (Å²) in [4.78, 5) is 28.6. The van der Waals surface area contributed by atoms with Crippen molar-refractivity contribution in [3.05, 3.63) is 58.0 Å². The molecule has 1 aromatic carbocycles. The Morgan fingerprint density at radius 2 is 1.85 bits per heavy atom. The van der Waals surface area contributed by atoms with Gasteiger partial charge in [-0.15, -0.1) is 0 Å². The molecule has 6 heteroatoms. The molecule has 1 aliphatic rings. The van der Waals surface area contributed by atoms with E-state index in [1.54, 1.807) is 6.07 Å². The first-order valence-electron chi connectivity index (χ1n) is 9.31. The van der Waals surface area contributed by atoms with E-state index in [4.69, 9.17) is 0 Å². The summed E-state index contributed by atoms with van der Waals surface area (Å²) in [5.41, 5.74) is 4.44. The molecule has 0 aliphatic carbocycles. The van der Waals surface area contributed by atoms with Gasteiger partial charge in [-0.05, 0) is 23.0 Å². The minimum atomic E-state index is -0.135. The van der Waals surface area contributed by atoms with Crippen LogP contribution in [0.5, 0.6) is 0 Å². The van der Waals surface area contributed by atoms with Crippen molar-refractivity contribution in [2.24, 2.45) is 0 Å². The van der Waals surface area contributed by atoms with Crippen LogP contribution in [0.2, 0.25) is 0 Å². The number of piperidine rings is 1. The van der Waals surface area contributed by atoms with E-state index in [0.717, 1.165) is 23.4 Å². The minimum absolute atomic E-state index is 0.0617. The Kier molecular flexibility index (Phi) is 4.13. The summed E-state index contributed by atoms with van der Waals surface area (Å²) >= 11 is 0. The van der Waals surface area contributed by atoms with Gasteiger partial charge in [0.05, 0.1) is 11.4 Å². The number of nitrogens with zero attached hydrogens (tertiary/aromatic N) is 2. The van der Waals surface area contributed by atoms with Crippen molar-refractivity contribution in [3.63, 3.8) is 0 Å². The summed E-state index contributed by atoms with van der Waals surface area (Å²) in [6.07, 6.45) is 1.20. The van der Waals surface area contributed by atoms with Gasteiger partial charge in [-0.2, -0.15) is 0 Å². The second-order valence-corrected chi connectivity index (χ2v) is 8.25. The maximum absolute atomic E-state index is 12.5. The smallest absolute Gasteiger partial charge is 0.272 e. The summed E-state index contributed by atoms with van der Waals surface area (Å²) in [6.45, 7) is 7.09. The normalized spacial score (nSPS) is 17.9. The molecule has 0 spiro atoms. The van der Waals surface area contributed by atoms with Crippen LogP contribution in [-0.2, 0) is 10.2 Å². The van der Waals surface area contributed by atoms with Crippen LogP contribution in [0.25, 0.3) is 16.9 Å². The fourth-order valence-electron chi connectivity index (χ4n) is 3.50. The highest BCUT2D eigenvalue weighted by atomic mass is 16.1. The van der Waals surface area contributed by atoms with Gasteiger partial charge < -0.3 is 5.32 Å². The lowest BCUT2D eigenvalue weighted by atomic mass is 9.86. The van der Waals surface area contributed by atoms with E-state index in [1.165, 1.54) is 10.1 Å². The monoisotopic (exact) mass is 364 g/mol. The van der Waals surface area contributed by atoms with Crippen molar-refractivity contribution < 1.29 is 4.79 Å². The van der Waals surface area contributed by atoms with Gasteiger partial charge in [0, 0.05) is 31.0 Å². The van der Waals surface area contributed by atoms with Crippen LogP contribution in [0.1, 0.15) is 50.8 Å². The molecule has 0 saturated carbocycles. The van der Waals surface area contributed by atoms with Gasteiger partial charge in [-0.3, -0.25) is 14.7 Å². The zero-order chi connectivity index (χ0) is 19.2. The summed E-state index contributed by atoms with van der Waals surface area (Å²) < 4.78 is 1.47. The standard InChI is InChI=1S/C21H24N4O2/c1-21(2,3)15-7-4-13(5-8-15)17-10-18-23-16(11-20(27)25(18)24-17)14-6-9-19(26)22-12-14/h4-5,7-8,10-11,14,24H,6,9,12H2,1-3H3,(H,22,26). The van der Waals surface area contributed by atoms with E-state index in [1.807, 2.05) is 6.07 Å². The first-order chi connectivity index (χ1) is 12.8. The average Bonchev–Trinajstić information content (AvgIpc) is 3.06. The van der Waals surface area contributed by atoms with Gasteiger partial charge in [-0.1, -0.05) is 45.0 Å². The number of aromatic amines is 1. The molecule has 1 fully saturated rings. The van der Waals surface area contributed by atoms with Crippen LogP contribution in [-0.4, -0.2) is 27.0 Å². The number of amides is 1. The molecule has 2 aromatic heterocycles. The molecule has 2 N–H and O–H groups in total. The number of benzene rings is 1. The molecule has 27 heavy (non-hydrogen) atoms. The van der Waals surface area contributed by atoms with Crippen molar-refractivity contribution >= 4 is 11.6 Å². The van der Waals surface area contributed by atoms with Crippen LogP contribution in [0, 0.1) is 0 Å². The summed E-state index contributed by atoms with van der Waals surface area (Å²) in [5, 5.41) is 6.00. The molecule has 0 bridgehead atoms. The molecule has 1 atom stereocenters. The molecule has 1 aliphatic heterocycles. The molecule has 1 unspecified atom stereocenters. The number of hydrogen-bond donors (Lipinski definition) is 2. The first kappa shape index (κ1) is 17.5. The molecule has 4 rings (SSSR count). The van der Waals surface area contributed by atoms with Crippen molar-refractivity contribution in [2.75, 3.05) is 6.54 Å². The molecule has 1 amide bonds. The molecule has 140 valence electrons. The van der Waals surface area contributed by atoms with E-state index in [2.05, 4.69) is 60.4 Å². The highest BCUT2D eigenvalue weighted by Crippen LogP contribution is 2.26. The van der Waals surface area contributed by atoms with E-state index in [0.29, 0.717) is 18.6 Å².